The Labute approximate surface area is 114 Å². The summed E-state index contributed by atoms with van der Waals surface area (Å²) in [5.41, 5.74) is -0.568. The first-order valence-electron chi connectivity index (χ1n) is 7.89. The van der Waals surface area contributed by atoms with E-state index in [2.05, 4.69) is 0 Å². The molecule has 4 rings (SSSR count). The van der Waals surface area contributed by atoms with E-state index in [-0.39, 0.29) is 22.8 Å². The smallest absolute Gasteiger partial charge is 0.319 e. The van der Waals surface area contributed by atoms with Crippen LogP contribution in [0.1, 0.15) is 64.2 Å². The molecular weight excluding hydrogens is 240 g/mol. The highest BCUT2D eigenvalue weighted by molar-refractivity contribution is 5.92. The number of fused-ring (bicyclic) bond motifs is 4. The predicted octanol–water partition coefficient (Wildman–Crippen LogP) is 3.22. The third kappa shape index (κ3) is 1.63. The Bertz CT molecular complexity index is 383. The van der Waals surface area contributed by atoms with Gasteiger partial charge in [-0.2, -0.15) is 0 Å². The van der Waals surface area contributed by atoms with E-state index >= 15 is 0 Å². The molecule has 0 spiro atoms. The Morgan fingerprint density at radius 1 is 0.737 bits per heavy atom. The minimum atomic E-state index is -0.284. The summed E-state index contributed by atoms with van der Waals surface area (Å²) < 4.78 is 5.38. The fraction of sp³-hybridized carbons (Fsp3) is 0.875. The first-order chi connectivity index (χ1) is 9.12. The van der Waals surface area contributed by atoms with Crippen LogP contribution in [0.2, 0.25) is 0 Å². The summed E-state index contributed by atoms with van der Waals surface area (Å²) >= 11 is 0. The molecule has 0 radical (unpaired) electrons. The highest BCUT2D eigenvalue weighted by atomic mass is 16.6. The average Bonchev–Trinajstić information content (AvgIpc) is 3.19. The first kappa shape index (κ1) is 11.9. The highest BCUT2D eigenvalue weighted by Crippen LogP contribution is 2.57. The second-order valence-corrected chi connectivity index (χ2v) is 7.53. The van der Waals surface area contributed by atoms with Crippen molar-refractivity contribution in [2.45, 2.75) is 64.2 Å². The summed E-state index contributed by atoms with van der Waals surface area (Å²) in [6.45, 7) is 0. The maximum absolute atomic E-state index is 12.4. The van der Waals surface area contributed by atoms with Crippen LogP contribution in [0.3, 0.4) is 0 Å². The van der Waals surface area contributed by atoms with Crippen LogP contribution in [0.5, 0.6) is 0 Å². The van der Waals surface area contributed by atoms with Gasteiger partial charge >= 0.3 is 11.9 Å². The highest BCUT2D eigenvalue weighted by Gasteiger charge is 2.55. The molecule has 0 N–H and O–H groups in total. The number of carbonyl (C=O) groups excluding carboxylic acids is 2. The van der Waals surface area contributed by atoms with Crippen molar-refractivity contribution in [2.24, 2.45) is 22.7 Å². The second kappa shape index (κ2) is 3.83. The van der Waals surface area contributed by atoms with Gasteiger partial charge in [0.05, 0.1) is 10.8 Å². The Hall–Kier alpha value is -0.860. The molecule has 0 atom stereocenters. The van der Waals surface area contributed by atoms with E-state index < -0.39 is 0 Å². The van der Waals surface area contributed by atoms with Crippen LogP contribution in [0.15, 0.2) is 0 Å². The minimum absolute atomic E-state index is 0.192. The van der Waals surface area contributed by atoms with Crippen molar-refractivity contribution >= 4 is 11.9 Å². The number of hydrogen-bond acceptors (Lipinski definition) is 3. The quantitative estimate of drug-likeness (QED) is 0.567. The maximum atomic E-state index is 12.4. The number of hydrogen-bond donors (Lipinski definition) is 0. The zero-order valence-electron chi connectivity index (χ0n) is 11.5. The van der Waals surface area contributed by atoms with Crippen molar-refractivity contribution in [3.8, 4) is 0 Å². The molecule has 4 aliphatic carbocycles. The fourth-order valence-electron chi connectivity index (χ4n) is 5.26. The molecule has 0 unspecified atom stereocenters. The number of ether oxygens (including phenoxy) is 1. The molecule has 0 saturated heterocycles. The standard InChI is InChI=1S/C16H22O3/c17-13(15-5-1-11(9-15)2-6-15)19-14(18)16-7-3-12(10-16)4-8-16/h11-12H,1-10H2. The average molecular weight is 262 g/mol. The molecule has 4 saturated carbocycles. The summed E-state index contributed by atoms with van der Waals surface area (Å²) in [7, 11) is 0. The summed E-state index contributed by atoms with van der Waals surface area (Å²) in [6.07, 6.45) is 10.3. The van der Waals surface area contributed by atoms with Crippen molar-refractivity contribution in [1.29, 1.82) is 0 Å². The Morgan fingerprint density at radius 3 is 1.37 bits per heavy atom. The zero-order chi connectivity index (χ0) is 13.1. The lowest BCUT2D eigenvalue weighted by Gasteiger charge is -2.27. The molecule has 3 heteroatoms. The van der Waals surface area contributed by atoms with E-state index in [1.807, 2.05) is 0 Å². The van der Waals surface area contributed by atoms with E-state index in [4.69, 9.17) is 4.74 Å². The van der Waals surface area contributed by atoms with Crippen molar-refractivity contribution in [3.63, 3.8) is 0 Å². The maximum Gasteiger partial charge on any atom is 0.319 e. The Balaban J connectivity index is 1.47. The van der Waals surface area contributed by atoms with Gasteiger partial charge in [-0.05, 0) is 76.0 Å². The molecule has 4 aliphatic rings. The van der Waals surface area contributed by atoms with Crippen molar-refractivity contribution < 1.29 is 14.3 Å². The third-order valence-corrected chi connectivity index (χ3v) is 6.53. The fourth-order valence-corrected chi connectivity index (χ4v) is 5.26. The Kier molecular flexibility index (Phi) is 2.40. The molecular formula is C16H22O3. The third-order valence-electron chi connectivity index (χ3n) is 6.53. The molecule has 0 heterocycles. The lowest BCUT2D eigenvalue weighted by molar-refractivity contribution is -0.173. The van der Waals surface area contributed by atoms with Gasteiger partial charge in [0.1, 0.15) is 0 Å². The van der Waals surface area contributed by atoms with E-state index in [0.717, 1.165) is 64.2 Å². The summed E-state index contributed by atoms with van der Waals surface area (Å²) in [5.74, 6) is 1.04. The summed E-state index contributed by atoms with van der Waals surface area (Å²) in [5, 5.41) is 0. The van der Waals surface area contributed by atoms with Crippen LogP contribution in [0, 0.1) is 22.7 Å². The van der Waals surface area contributed by atoms with Crippen molar-refractivity contribution in [2.75, 3.05) is 0 Å². The zero-order valence-corrected chi connectivity index (χ0v) is 11.5. The van der Waals surface area contributed by atoms with Gasteiger partial charge in [-0.15, -0.1) is 0 Å². The molecule has 0 aromatic heterocycles. The topological polar surface area (TPSA) is 43.4 Å². The molecule has 0 amide bonds. The molecule has 19 heavy (non-hydrogen) atoms. The molecule has 104 valence electrons. The van der Waals surface area contributed by atoms with Crippen LogP contribution < -0.4 is 0 Å². The predicted molar refractivity (Wildman–Crippen MR) is 69.1 cm³/mol. The molecule has 3 nitrogen and oxygen atoms in total. The number of rotatable bonds is 2. The van der Waals surface area contributed by atoms with Gasteiger partial charge in [0.15, 0.2) is 0 Å². The lowest BCUT2D eigenvalue weighted by atomic mass is 9.83. The molecule has 4 fully saturated rings. The number of esters is 2. The van der Waals surface area contributed by atoms with Crippen LogP contribution in [0.4, 0.5) is 0 Å². The molecule has 0 aromatic rings. The summed E-state index contributed by atoms with van der Waals surface area (Å²) in [4.78, 5) is 24.8. The van der Waals surface area contributed by atoms with Gasteiger partial charge in [0, 0.05) is 0 Å². The van der Waals surface area contributed by atoms with Crippen molar-refractivity contribution in [3.05, 3.63) is 0 Å². The van der Waals surface area contributed by atoms with Crippen LogP contribution >= 0.6 is 0 Å². The van der Waals surface area contributed by atoms with Crippen LogP contribution in [-0.4, -0.2) is 11.9 Å². The molecule has 0 aromatic carbocycles. The van der Waals surface area contributed by atoms with Crippen LogP contribution in [0.25, 0.3) is 0 Å². The SMILES string of the molecule is O=C(OC(=O)C12CCC(CC1)C2)C12CCC(CC1)C2. The lowest BCUT2D eigenvalue weighted by Crippen LogP contribution is -2.36. The summed E-state index contributed by atoms with van der Waals surface area (Å²) in [6, 6.07) is 0. The van der Waals surface area contributed by atoms with Crippen molar-refractivity contribution in [1.82, 2.24) is 0 Å². The van der Waals surface area contributed by atoms with E-state index in [1.54, 1.807) is 0 Å². The van der Waals surface area contributed by atoms with Gasteiger partial charge in [-0.3, -0.25) is 9.59 Å². The van der Waals surface area contributed by atoms with E-state index in [9.17, 15) is 9.59 Å². The van der Waals surface area contributed by atoms with Gasteiger partial charge < -0.3 is 4.74 Å². The van der Waals surface area contributed by atoms with Gasteiger partial charge in [0.25, 0.3) is 0 Å². The number of carbonyl (C=O) groups is 2. The second-order valence-electron chi connectivity index (χ2n) is 7.53. The van der Waals surface area contributed by atoms with Gasteiger partial charge in [-0.25, -0.2) is 0 Å². The minimum Gasteiger partial charge on any atom is -0.392 e. The van der Waals surface area contributed by atoms with Crippen LogP contribution in [-0.2, 0) is 14.3 Å². The van der Waals surface area contributed by atoms with E-state index in [0.29, 0.717) is 11.8 Å². The monoisotopic (exact) mass is 262 g/mol. The largest absolute Gasteiger partial charge is 0.392 e. The van der Waals surface area contributed by atoms with E-state index in [1.165, 1.54) is 0 Å². The normalized spacial score (nSPS) is 46.7. The van der Waals surface area contributed by atoms with Gasteiger partial charge in [-0.1, -0.05) is 0 Å². The molecule has 4 bridgehead atoms. The Morgan fingerprint density at radius 2 is 1.11 bits per heavy atom. The molecule has 0 aliphatic heterocycles. The first-order valence-corrected chi connectivity index (χ1v) is 7.89. The van der Waals surface area contributed by atoms with Gasteiger partial charge in [0.2, 0.25) is 0 Å².